The van der Waals surface area contributed by atoms with Crippen molar-refractivity contribution in [1.82, 2.24) is 15.1 Å². The SMILES string of the molecule is O=C(c1ccc(F)cc1)N1CC(N2CCNCC2)C1. The molecule has 1 N–H and O–H groups in total. The number of piperazine rings is 1. The average Bonchev–Trinajstić information content (AvgIpc) is 2.39. The summed E-state index contributed by atoms with van der Waals surface area (Å²) in [5.41, 5.74) is 0.570. The van der Waals surface area contributed by atoms with Crippen molar-refractivity contribution in [1.29, 1.82) is 0 Å². The van der Waals surface area contributed by atoms with Crippen molar-refractivity contribution in [3.05, 3.63) is 35.6 Å². The lowest BCUT2D eigenvalue weighted by atomic mass is 10.0. The quantitative estimate of drug-likeness (QED) is 0.846. The maximum absolute atomic E-state index is 12.8. The van der Waals surface area contributed by atoms with E-state index in [0.29, 0.717) is 11.6 Å². The number of likely N-dealkylation sites (tertiary alicyclic amines) is 1. The standard InChI is InChI=1S/C14H18FN3O/c15-12-3-1-11(2-4-12)14(19)18-9-13(10-18)17-7-5-16-6-8-17/h1-4,13,16H,5-10H2. The molecule has 2 fully saturated rings. The zero-order chi connectivity index (χ0) is 13.2. The van der Waals surface area contributed by atoms with Gasteiger partial charge in [0.1, 0.15) is 5.82 Å². The van der Waals surface area contributed by atoms with Crippen LogP contribution in [0.2, 0.25) is 0 Å². The number of halogens is 1. The Morgan fingerprint density at radius 2 is 1.79 bits per heavy atom. The summed E-state index contributed by atoms with van der Waals surface area (Å²) in [7, 11) is 0. The van der Waals surface area contributed by atoms with Gasteiger partial charge in [0, 0.05) is 50.9 Å². The highest BCUT2D eigenvalue weighted by Crippen LogP contribution is 2.18. The van der Waals surface area contributed by atoms with E-state index < -0.39 is 0 Å². The van der Waals surface area contributed by atoms with E-state index in [1.807, 2.05) is 4.90 Å². The normalized spacial score (nSPS) is 21.2. The van der Waals surface area contributed by atoms with Crippen LogP contribution in [-0.2, 0) is 0 Å². The molecule has 0 saturated carbocycles. The van der Waals surface area contributed by atoms with Gasteiger partial charge in [0.05, 0.1) is 0 Å². The van der Waals surface area contributed by atoms with E-state index in [4.69, 9.17) is 0 Å². The van der Waals surface area contributed by atoms with Crippen LogP contribution in [0.3, 0.4) is 0 Å². The number of nitrogens with one attached hydrogen (secondary N) is 1. The van der Waals surface area contributed by atoms with E-state index in [2.05, 4.69) is 10.2 Å². The summed E-state index contributed by atoms with van der Waals surface area (Å²) in [6.45, 7) is 5.75. The Morgan fingerprint density at radius 3 is 2.42 bits per heavy atom. The third kappa shape index (κ3) is 2.62. The van der Waals surface area contributed by atoms with Crippen molar-refractivity contribution < 1.29 is 9.18 Å². The number of nitrogens with zero attached hydrogens (tertiary/aromatic N) is 2. The van der Waals surface area contributed by atoms with Gasteiger partial charge in [0.25, 0.3) is 5.91 Å². The van der Waals surface area contributed by atoms with Crippen LogP contribution in [0.5, 0.6) is 0 Å². The highest BCUT2D eigenvalue weighted by Gasteiger charge is 2.35. The molecule has 0 spiro atoms. The summed E-state index contributed by atoms with van der Waals surface area (Å²) in [5, 5.41) is 3.33. The molecular weight excluding hydrogens is 245 g/mol. The Labute approximate surface area is 112 Å². The highest BCUT2D eigenvalue weighted by molar-refractivity contribution is 5.94. The van der Waals surface area contributed by atoms with Crippen LogP contribution in [0.4, 0.5) is 4.39 Å². The third-order valence-electron chi connectivity index (χ3n) is 3.91. The number of carbonyl (C=O) groups is 1. The Balaban J connectivity index is 1.55. The first-order valence-electron chi connectivity index (χ1n) is 6.73. The van der Waals surface area contributed by atoms with Crippen LogP contribution in [-0.4, -0.2) is 61.0 Å². The third-order valence-corrected chi connectivity index (χ3v) is 3.91. The fourth-order valence-electron chi connectivity index (χ4n) is 2.67. The van der Waals surface area contributed by atoms with E-state index in [9.17, 15) is 9.18 Å². The van der Waals surface area contributed by atoms with Crippen molar-refractivity contribution in [3.63, 3.8) is 0 Å². The van der Waals surface area contributed by atoms with Gasteiger partial charge in [-0.05, 0) is 24.3 Å². The van der Waals surface area contributed by atoms with Gasteiger partial charge >= 0.3 is 0 Å². The van der Waals surface area contributed by atoms with Crippen LogP contribution < -0.4 is 5.32 Å². The molecule has 0 aliphatic carbocycles. The van der Waals surface area contributed by atoms with E-state index in [1.165, 1.54) is 12.1 Å². The van der Waals surface area contributed by atoms with Gasteiger partial charge in [-0.1, -0.05) is 0 Å². The van der Waals surface area contributed by atoms with Crippen LogP contribution in [0, 0.1) is 5.82 Å². The van der Waals surface area contributed by atoms with Gasteiger partial charge in [0.2, 0.25) is 0 Å². The number of benzene rings is 1. The molecule has 1 aromatic carbocycles. The monoisotopic (exact) mass is 263 g/mol. The van der Waals surface area contributed by atoms with E-state index in [1.54, 1.807) is 12.1 Å². The molecule has 1 aromatic rings. The first-order valence-corrected chi connectivity index (χ1v) is 6.73. The number of rotatable bonds is 2. The fourth-order valence-corrected chi connectivity index (χ4v) is 2.67. The Bertz CT molecular complexity index is 450. The minimum absolute atomic E-state index is 0.00591. The van der Waals surface area contributed by atoms with Crippen LogP contribution in [0.15, 0.2) is 24.3 Å². The number of carbonyl (C=O) groups excluding carboxylic acids is 1. The molecule has 4 nitrogen and oxygen atoms in total. The van der Waals surface area contributed by atoms with Crippen molar-refractivity contribution in [2.24, 2.45) is 0 Å². The highest BCUT2D eigenvalue weighted by atomic mass is 19.1. The molecule has 19 heavy (non-hydrogen) atoms. The minimum atomic E-state index is -0.307. The summed E-state index contributed by atoms with van der Waals surface area (Å²) in [6, 6.07) is 6.26. The molecule has 0 bridgehead atoms. The second-order valence-corrected chi connectivity index (χ2v) is 5.16. The lowest BCUT2D eigenvalue weighted by Crippen LogP contribution is -2.63. The van der Waals surface area contributed by atoms with Crippen molar-refractivity contribution in [3.8, 4) is 0 Å². The lowest BCUT2D eigenvalue weighted by Gasteiger charge is -2.46. The van der Waals surface area contributed by atoms with Gasteiger partial charge < -0.3 is 10.2 Å². The summed E-state index contributed by atoms with van der Waals surface area (Å²) >= 11 is 0. The molecule has 2 heterocycles. The predicted molar refractivity (Wildman–Crippen MR) is 70.5 cm³/mol. The van der Waals surface area contributed by atoms with Crippen molar-refractivity contribution in [2.45, 2.75) is 6.04 Å². The molecule has 0 atom stereocenters. The fraction of sp³-hybridized carbons (Fsp3) is 0.500. The van der Waals surface area contributed by atoms with Crippen molar-refractivity contribution >= 4 is 5.91 Å². The number of amides is 1. The minimum Gasteiger partial charge on any atom is -0.335 e. The number of hydrogen-bond acceptors (Lipinski definition) is 3. The summed E-state index contributed by atoms with van der Waals surface area (Å²) in [4.78, 5) is 16.4. The summed E-state index contributed by atoms with van der Waals surface area (Å²) < 4.78 is 12.8. The summed E-state index contributed by atoms with van der Waals surface area (Å²) in [5.74, 6) is -0.301. The second kappa shape index (κ2) is 5.27. The van der Waals surface area contributed by atoms with E-state index in [0.717, 1.165) is 39.3 Å². The van der Waals surface area contributed by atoms with Crippen LogP contribution >= 0.6 is 0 Å². The molecule has 1 amide bonds. The van der Waals surface area contributed by atoms with E-state index in [-0.39, 0.29) is 11.7 Å². The zero-order valence-electron chi connectivity index (χ0n) is 10.8. The number of hydrogen-bond donors (Lipinski definition) is 1. The van der Waals surface area contributed by atoms with Gasteiger partial charge in [-0.25, -0.2) is 4.39 Å². The second-order valence-electron chi connectivity index (χ2n) is 5.16. The first kappa shape index (κ1) is 12.6. The van der Waals surface area contributed by atoms with Crippen molar-refractivity contribution in [2.75, 3.05) is 39.3 Å². The molecule has 2 aliphatic rings. The largest absolute Gasteiger partial charge is 0.335 e. The molecule has 0 aromatic heterocycles. The maximum Gasteiger partial charge on any atom is 0.253 e. The van der Waals surface area contributed by atoms with Crippen LogP contribution in [0.1, 0.15) is 10.4 Å². The van der Waals surface area contributed by atoms with Gasteiger partial charge in [-0.15, -0.1) is 0 Å². The average molecular weight is 263 g/mol. The predicted octanol–water partition coefficient (Wildman–Crippen LogP) is 0.555. The van der Waals surface area contributed by atoms with E-state index >= 15 is 0 Å². The van der Waals surface area contributed by atoms with Gasteiger partial charge in [-0.3, -0.25) is 9.69 Å². The molecule has 102 valence electrons. The molecule has 0 unspecified atom stereocenters. The van der Waals surface area contributed by atoms with Crippen LogP contribution in [0.25, 0.3) is 0 Å². The van der Waals surface area contributed by atoms with Gasteiger partial charge in [-0.2, -0.15) is 0 Å². The lowest BCUT2D eigenvalue weighted by molar-refractivity contribution is 0.0227. The Kier molecular flexibility index (Phi) is 3.48. The Morgan fingerprint density at radius 1 is 1.16 bits per heavy atom. The molecule has 0 radical (unpaired) electrons. The van der Waals surface area contributed by atoms with Gasteiger partial charge in [0.15, 0.2) is 0 Å². The Hall–Kier alpha value is -1.46. The molecule has 2 saturated heterocycles. The molecule has 3 rings (SSSR count). The zero-order valence-corrected chi connectivity index (χ0v) is 10.8. The molecular formula is C14H18FN3O. The first-order chi connectivity index (χ1) is 9.24. The summed E-state index contributed by atoms with van der Waals surface area (Å²) in [6.07, 6.45) is 0. The molecule has 5 heteroatoms. The smallest absolute Gasteiger partial charge is 0.253 e. The maximum atomic E-state index is 12.8. The molecule has 2 aliphatic heterocycles. The topological polar surface area (TPSA) is 35.6 Å².